The summed E-state index contributed by atoms with van der Waals surface area (Å²) in [6.45, 7) is 2.38. The van der Waals surface area contributed by atoms with E-state index in [1.807, 2.05) is 49.4 Å². The largest absolute Gasteiger partial charge is 0.490 e. The van der Waals surface area contributed by atoms with Crippen molar-refractivity contribution in [2.24, 2.45) is 0 Å². The summed E-state index contributed by atoms with van der Waals surface area (Å²) < 4.78 is 11.5. The van der Waals surface area contributed by atoms with Gasteiger partial charge in [-0.1, -0.05) is 36.4 Å². The highest BCUT2D eigenvalue weighted by Crippen LogP contribution is 2.31. The Hall–Kier alpha value is -4.39. The second-order valence-corrected chi connectivity index (χ2v) is 8.23. The molecule has 3 aromatic rings. The highest BCUT2D eigenvalue weighted by molar-refractivity contribution is 6.39. The third kappa shape index (κ3) is 4.28. The first kappa shape index (κ1) is 21.5. The summed E-state index contributed by atoms with van der Waals surface area (Å²) in [7, 11) is 0. The number of rotatable bonds is 5. The maximum absolute atomic E-state index is 13.2. The van der Waals surface area contributed by atoms with Crippen LogP contribution in [0.5, 0.6) is 11.5 Å². The van der Waals surface area contributed by atoms with Crippen LogP contribution in [0.1, 0.15) is 23.6 Å². The van der Waals surface area contributed by atoms with Gasteiger partial charge in [-0.2, -0.15) is 0 Å². The van der Waals surface area contributed by atoms with Crippen molar-refractivity contribution in [3.8, 4) is 11.5 Å². The Bertz CT molecular complexity index is 1300. The molecular weight excluding hydrogens is 432 g/mol. The average molecular weight is 454 g/mol. The molecule has 2 heterocycles. The summed E-state index contributed by atoms with van der Waals surface area (Å²) in [5, 5.41) is 2.25. The second kappa shape index (κ2) is 8.86. The molecule has 1 fully saturated rings. The Labute approximate surface area is 196 Å². The fourth-order valence-corrected chi connectivity index (χ4v) is 4.02. The van der Waals surface area contributed by atoms with E-state index in [9.17, 15) is 14.4 Å². The van der Waals surface area contributed by atoms with Gasteiger partial charge in [0, 0.05) is 6.42 Å². The second-order valence-electron chi connectivity index (χ2n) is 8.23. The predicted molar refractivity (Wildman–Crippen MR) is 126 cm³/mol. The summed E-state index contributed by atoms with van der Waals surface area (Å²) in [6.07, 6.45) is 2.35. The van der Waals surface area contributed by atoms with Crippen molar-refractivity contribution in [3.63, 3.8) is 0 Å². The minimum Gasteiger partial charge on any atom is -0.490 e. The molecule has 5 rings (SSSR count). The highest BCUT2D eigenvalue weighted by Gasteiger charge is 2.37. The first-order valence-corrected chi connectivity index (χ1v) is 11.0. The van der Waals surface area contributed by atoms with Gasteiger partial charge < -0.3 is 9.47 Å². The Morgan fingerprint density at radius 1 is 1.03 bits per heavy atom. The maximum Gasteiger partial charge on any atom is 0.335 e. The van der Waals surface area contributed by atoms with E-state index >= 15 is 0 Å². The third-order valence-electron chi connectivity index (χ3n) is 5.68. The van der Waals surface area contributed by atoms with E-state index in [0.29, 0.717) is 23.6 Å². The number of anilines is 1. The van der Waals surface area contributed by atoms with Crippen LogP contribution in [0.25, 0.3) is 6.08 Å². The van der Waals surface area contributed by atoms with Gasteiger partial charge in [0.2, 0.25) is 0 Å². The number of nitrogens with zero attached hydrogens (tertiary/aromatic N) is 1. The van der Waals surface area contributed by atoms with Gasteiger partial charge in [-0.05, 0) is 66.1 Å². The van der Waals surface area contributed by atoms with Crippen molar-refractivity contribution in [2.75, 3.05) is 4.90 Å². The average Bonchev–Trinajstić information content (AvgIpc) is 3.21. The molecule has 170 valence electrons. The van der Waals surface area contributed by atoms with E-state index < -0.39 is 17.8 Å². The molecule has 0 bridgehead atoms. The molecule has 4 amide bonds. The lowest BCUT2D eigenvalue weighted by Crippen LogP contribution is -2.54. The summed E-state index contributed by atoms with van der Waals surface area (Å²) in [4.78, 5) is 39.1. The molecule has 0 aromatic heterocycles. The third-order valence-corrected chi connectivity index (χ3v) is 5.68. The SMILES string of the molecule is C[C@@H]1Cc2cc(/C=C3/C(=O)NC(=O)N(c4ccc(OCc5ccccc5)cc4)C3=O)ccc2O1. The highest BCUT2D eigenvalue weighted by atomic mass is 16.5. The van der Waals surface area contributed by atoms with Crippen LogP contribution in [-0.4, -0.2) is 23.9 Å². The number of ether oxygens (including phenoxy) is 2. The number of carbonyl (C=O) groups is 3. The zero-order valence-electron chi connectivity index (χ0n) is 18.5. The van der Waals surface area contributed by atoms with E-state index in [4.69, 9.17) is 9.47 Å². The van der Waals surface area contributed by atoms with Gasteiger partial charge >= 0.3 is 6.03 Å². The Morgan fingerprint density at radius 3 is 2.56 bits per heavy atom. The van der Waals surface area contributed by atoms with E-state index in [1.165, 1.54) is 6.08 Å². The molecule has 0 unspecified atom stereocenters. The number of hydrogen-bond acceptors (Lipinski definition) is 5. The van der Waals surface area contributed by atoms with E-state index in [2.05, 4.69) is 5.32 Å². The molecule has 7 nitrogen and oxygen atoms in total. The summed E-state index contributed by atoms with van der Waals surface area (Å²) >= 11 is 0. The maximum atomic E-state index is 13.2. The van der Waals surface area contributed by atoms with Crippen LogP contribution < -0.4 is 19.7 Å². The minimum atomic E-state index is -0.790. The molecule has 0 aliphatic carbocycles. The Morgan fingerprint density at radius 2 is 1.79 bits per heavy atom. The quantitative estimate of drug-likeness (QED) is 0.460. The predicted octanol–water partition coefficient (Wildman–Crippen LogP) is 4.26. The van der Waals surface area contributed by atoms with Gasteiger partial charge in [0.25, 0.3) is 11.8 Å². The van der Waals surface area contributed by atoms with Crippen LogP contribution in [0.4, 0.5) is 10.5 Å². The van der Waals surface area contributed by atoms with Crippen LogP contribution in [0.3, 0.4) is 0 Å². The van der Waals surface area contributed by atoms with Crippen LogP contribution in [-0.2, 0) is 22.6 Å². The van der Waals surface area contributed by atoms with Gasteiger partial charge in [0.15, 0.2) is 0 Å². The standard InChI is InChI=1S/C27H22N2O5/c1-17-13-20-14-19(7-12-24(20)34-17)15-23-25(30)28-27(32)29(26(23)31)21-8-10-22(11-9-21)33-16-18-5-3-2-4-6-18/h2-12,14-15,17H,13,16H2,1H3,(H,28,30,32)/b23-15-/t17-/m1/s1. The molecule has 0 spiro atoms. The molecule has 1 atom stereocenters. The first-order chi connectivity index (χ1) is 16.5. The lowest BCUT2D eigenvalue weighted by Gasteiger charge is -2.26. The molecule has 7 heteroatoms. The molecule has 2 aliphatic rings. The number of benzene rings is 3. The fraction of sp³-hybridized carbons (Fsp3) is 0.148. The molecule has 0 radical (unpaired) electrons. The monoisotopic (exact) mass is 454 g/mol. The summed E-state index contributed by atoms with van der Waals surface area (Å²) in [5.74, 6) is -0.00430. The Kier molecular flexibility index (Phi) is 5.59. The Balaban J connectivity index is 1.35. The van der Waals surface area contributed by atoms with E-state index in [0.717, 1.165) is 28.2 Å². The topological polar surface area (TPSA) is 84.9 Å². The van der Waals surface area contributed by atoms with Crippen molar-refractivity contribution in [1.82, 2.24) is 5.32 Å². The normalized spacial score (nSPS) is 18.5. The van der Waals surface area contributed by atoms with Gasteiger partial charge in [-0.25, -0.2) is 9.69 Å². The van der Waals surface area contributed by atoms with E-state index in [1.54, 1.807) is 30.3 Å². The zero-order chi connectivity index (χ0) is 23.7. The molecule has 1 saturated heterocycles. The van der Waals surface area contributed by atoms with Crippen molar-refractivity contribution in [2.45, 2.75) is 26.1 Å². The number of amides is 4. The fourth-order valence-electron chi connectivity index (χ4n) is 4.02. The van der Waals surface area contributed by atoms with Crippen LogP contribution >= 0.6 is 0 Å². The van der Waals surface area contributed by atoms with Gasteiger partial charge in [-0.15, -0.1) is 0 Å². The molecule has 3 aromatic carbocycles. The number of fused-ring (bicyclic) bond motifs is 1. The number of imide groups is 2. The molecule has 34 heavy (non-hydrogen) atoms. The number of nitrogens with one attached hydrogen (secondary N) is 1. The van der Waals surface area contributed by atoms with Gasteiger partial charge in [-0.3, -0.25) is 14.9 Å². The van der Waals surface area contributed by atoms with Crippen molar-refractivity contribution < 1.29 is 23.9 Å². The number of urea groups is 1. The molecule has 2 aliphatic heterocycles. The van der Waals surface area contributed by atoms with Crippen LogP contribution in [0, 0.1) is 0 Å². The molecule has 1 N–H and O–H groups in total. The number of barbiturate groups is 1. The lowest BCUT2D eigenvalue weighted by atomic mass is 10.0. The minimum absolute atomic E-state index is 0.0882. The molecular formula is C27H22N2O5. The van der Waals surface area contributed by atoms with Crippen LogP contribution in [0.2, 0.25) is 0 Å². The smallest absolute Gasteiger partial charge is 0.335 e. The lowest BCUT2D eigenvalue weighted by molar-refractivity contribution is -0.122. The first-order valence-electron chi connectivity index (χ1n) is 11.0. The van der Waals surface area contributed by atoms with Gasteiger partial charge in [0.1, 0.15) is 29.8 Å². The summed E-state index contributed by atoms with van der Waals surface area (Å²) in [6, 6.07) is 21.0. The number of carbonyl (C=O) groups excluding carboxylic acids is 3. The van der Waals surface area contributed by atoms with Crippen molar-refractivity contribution in [1.29, 1.82) is 0 Å². The molecule has 0 saturated carbocycles. The van der Waals surface area contributed by atoms with Crippen molar-refractivity contribution >= 4 is 29.6 Å². The zero-order valence-corrected chi connectivity index (χ0v) is 18.5. The van der Waals surface area contributed by atoms with Crippen LogP contribution in [0.15, 0.2) is 78.4 Å². The summed E-state index contributed by atoms with van der Waals surface area (Å²) in [5.41, 5.74) is 2.96. The van der Waals surface area contributed by atoms with Crippen molar-refractivity contribution in [3.05, 3.63) is 95.1 Å². The van der Waals surface area contributed by atoms with E-state index in [-0.39, 0.29) is 11.7 Å². The number of hydrogen-bond donors (Lipinski definition) is 1. The van der Waals surface area contributed by atoms with Gasteiger partial charge in [0.05, 0.1) is 5.69 Å².